The quantitative estimate of drug-likeness (QED) is 0.807. The molecule has 1 aromatic carbocycles. The Hall–Kier alpha value is -1.86. The lowest BCUT2D eigenvalue weighted by molar-refractivity contribution is 0.282. The first-order valence-corrected chi connectivity index (χ1v) is 5.24. The third kappa shape index (κ3) is 2.37. The monoisotopic (exact) mass is 251 g/mol. The van der Waals surface area contributed by atoms with E-state index in [0.717, 1.165) is 0 Å². The number of halogens is 1. The van der Waals surface area contributed by atoms with Gasteiger partial charge in [-0.3, -0.25) is 0 Å². The minimum absolute atomic E-state index is 0.236. The molecule has 0 atom stereocenters. The van der Waals surface area contributed by atoms with E-state index in [2.05, 4.69) is 9.81 Å². The lowest BCUT2D eigenvalue weighted by Crippen LogP contribution is -2.21. The Morgan fingerprint density at radius 1 is 1.33 bits per heavy atom. The molecule has 2 rings (SSSR count). The zero-order chi connectivity index (χ0) is 13.3. The van der Waals surface area contributed by atoms with Crippen molar-refractivity contribution in [2.75, 3.05) is 0 Å². The first-order valence-electron chi connectivity index (χ1n) is 5.24. The number of aromatic nitrogens is 1. The average molecular weight is 251 g/mol. The van der Waals surface area contributed by atoms with Crippen LogP contribution in [-0.4, -0.2) is 22.5 Å². The van der Waals surface area contributed by atoms with Gasteiger partial charge in [-0.15, -0.1) is 0 Å². The normalized spacial score (nSPS) is 10.5. The molecule has 0 aliphatic carbocycles. The van der Waals surface area contributed by atoms with Crippen molar-refractivity contribution < 1.29 is 23.6 Å². The summed E-state index contributed by atoms with van der Waals surface area (Å²) in [5, 5.41) is 21.0. The largest absolute Gasteiger partial charge is 0.707 e. The standard InChI is InChI=1S/C11H11BFNO4/c1-6-11(7(2)18-14-6)8-3-4-10(9(13)5-8)17-12(15)16/h3-5,15-16H,1-2H3. The third-order valence-electron chi connectivity index (χ3n) is 2.49. The molecule has 0 saturated carbocycles. The highest BCUT2D eigenvalue weighted by Gasteiger charge is 2.17. The molecular weight excluding hydrogens is 240 g/mol. The summed E-state index contributed by atoms with van der Waals surface area (Å²) in [6.45, 7) is 3.49. The van der Waals surface area contributed by atoms with Crippen LogP contribution >= 0.6 is 0 Å². The lowest BCUT2D eigenvalue weighted by Gasteiger charge is -2.07. The zero-order valence-corrected chi connectivity index (χ0v) is 9.85. The summed E-state index contributed by atoms with van der Waals surface area (Å²) in [6, 6.07) is 4.13. The summed E-state index contributed by atoms with van der Waals surface area (Å²) >= 11 is 0. The van der Waals surface area contributed by atoms with Crippen LogP contribution in [-0.2, 0) is 0 Å². The molecule has 7 heteroatoms. The first kappa shape index (κ1) is 12.6. The van der Waals surface area contributed by atoms with Gasteiger partial charge in [0.15, 0.2) is 5.82 Å². The van der Waals surface area contributed by atoms with Crippen molar-refractivity contribution in [3.63, 3.8) is 0 Å². The van der Waals surface area contributed by atoms with Gasteiger partial charge < -0.3 is 19.2 Å². The van der Waals surface area contributed by atoms with Gasteiger partial charge in [0.05, 0.1) is 5.69 Å². The molecule has 0 fully saturated rings. The minimum Gasteiger partial charge on any atom is -0.510 e. The summed E-state index contributed by atoms with van der Waals surface area (Å²) in [7, 11) is -2.05. The number of benzene rings is 1. The molecule has 0 bridgehead atoms. The number of aryl methyl sites for hydroxylation is 2. The second kappa shape index (κ2) is 4.79. The van der Waals surface area contributed by atoms with Gasteiger partial charge in [-0.05, 0) is 31.5 Å². The van der Waals surface area contributed by atoms with Crippen LogP contribution in [0.25, 0.3) is 11.1 Å². The van der Waals surface area contributed by atoms with Crippen LogP contribution in [0.5, 0.6) is 5.75 Å². The van der Waals surface area contributed by atoms with Gasteiger partial charge in [0.25, 0.3) is 0 Å². The molecule has 0 spiro atoms. The highest BCUT2D eigenvalue weighted by Crippen LogP contribution is 2.30. The Bertz CT molecular complexity index is 551. The predicted octanol–water partition coefficient (Wildman–Crippen LogP) is 1.45. The molecule has 0 radical (unpaired) electrons. The molecule has 1 aromatic heterocycles. The minimum atomic E-state index is -2.05. The molecule has 0 aliphatic rings. The molecule has 94 valence electrons. The van der Waals surface area contributed by atoms with Crippen LogP contribution in [0.3, 0.4) is 0 Å². The van der Waals surface area contributed by atoms with Gasteiger partial charge >= 0.3 is 7.32 Å². The fraction of sp³-hybridized carbons (Fsp3) is 0.182. The molecule has 5 nitrogen and oxygen atoms in total. The molecule has 2 N–H and O–H groups in total. The smallest absolute Gasteiger partial charge is 0.510 e. The van der Waals surface area contributed by atoms with Crippen LogP contribution in [0, 0.1) is 19.7 Å². The van der Waals surface area contributed by atoms with Crippen LogP contribution in [0.4, 0.5) is 4.39 Å². The van der Waals surface area contributed by atoms with Gasteiger partial charge in [0.1, 0.15) is 11.5 Å². The molecule has 0 amide bonds. The Morgan fingerprint density at radius 2 is 2.06 bits per heavy atom. The van der Waals surface area contributed by atoms with Crippen molar-refractivity contribution in [2.24, 2.45) is 0 Å². The summed E-state index contributed by atoms with van der Waals surface area (Å²) in [5.41, 5.74) is 1.95. The highest BCUT2D eigenvalue weighted by molar-refractivity contribution is 6.33. The topological polar surface area (TPSA) is 75.7 Å². The van der Waals surface area contributed by atoms with E-state index in [-0.39, 0.29) is 5.75 Å². The van der Waals surface area contributed by atoms with E-state index in [4.69, 9.17) is 14.6 Å². The Kier molecular flexibility index (Phi) is 3.35. The number of nitrogens with zero attached hydrogens (tertiary/aromatic N) is 1. The molecule has 0 saturated heterocycles. The molecule has 0 unspecified atom stereocenters. The lowest BCUT2D eigenvalue weighted by atomic mass is 10.0. The van der Waals surface area contributed by atoms with Crippen LogP contribution in [0.1, 0.15) is 11.5 Å². The van der Waals surface area contributed by atoms with Gasteiger partial charge in [-0.1, -0.05) is 11.2 Å². The van der Waals surface area contributed by atoms with Crippen molar-refractivity contribution in [1.29, 1.82) is 0 Å². The number of hydrogen-bond donors (Lipinski definition) is 2. The maximum atomic E-state index is 13.7. The fourth-order valence-electron chi connectivity index (χ4n) is 1.76. The van der Waals surface area contributed by atoms with Crippen LogP contribution < -0.4 is 4.65 Å². The summed E-state index contributed by atoms with van der Waals surface area (Å²) in [6.07, 6.45) is 0. The van der Waals surface area contributed by atoms with Crippen LogP contribution in [0.2, 0.25) is 0 Å². The van der Waals surface area contributed by atoms with Crippen molar-refractivity contribution >= 4 is 7.32 Å². The Labute approximate surface area is 103 Å². The molecular formula is C11H11BFNO4. The molecule has 18 heavy (non-hydrogen) atoms. The van der Waals surface area contributed by atoms with E-state index < -0.39 is 13.1 Å². The molecule has 1 heterocycles. The maximum Gasteiger partial charge on any atom is 0.707 e. The van der Waals surface area contributed by atoms with Crippen molar-refractivity contribution in [3.05, 3.63) is 35.5 Å². The SMILES string of the molecule is Cc1noc(C)c1-c1ccc(OB(O)O)c(F)c1. The summed E-state index contributed by atoms with van der Waals surface area (Å²) < 4.78 is 23.1. The van der Waals surface area contributed by atoms with Gasteiger partial charge in [0.2, 0.25) is 0 Å². The van der Waals surface area contributed by atoms with E-state index in [0.29, 0.717) is 22.6 Å². The fourth-order valence-corrected chi connectivity index (χ4v) is 1.76. The second-order valence-electron chi connectivity index (χ2n) is 3.79. The van der Waals surface area contributed by atoms with E-state index >= 15 is 0 Å². The van der Waals surface area contributed by atoms with E-state index in [1.54, 1.807) is 19.9 Å². The van der Waals surface area contributed by atoms with E-state index in [1.807, 2.05) is 0 Å². The molecule has 0 aliphatic heterocycles. The number of hydrogen-bond acceptors (Lipinski definition) is 5. The first-order chi connectivity index (χ1) is 8.49. The van der Waals surface area contributed by atoms with Gasteiger partial charge in [-0.2, -0.15) is 0 Å². The maximum absolute atomic E-state index is 13.7. The van der Waals surface area contributed by atoms with Crippen molar-refractivity contribution in [1.82, 2.24) is 5.16 Å². The third-order valence-corrected chi connectivity index (χ3v) is 2.49. The highest BCUT2D eigenvalue weighted by atomic mass is 19.1. The zero-order valence-electron chi connectivity index (χ0n) is 9.85. The predicted molar refractivity (Wildman–Crippen MR) is 62.2 cm³/mol. The van der Waals surface area contributed by atoms with Gasteiger partial charge in [-0.25, -0.2) is 4.39 Å². The summed E-state index contributed by atoms with van der Waals surface area (Å²) in [4.78, 5) is 0. The Morgan fingerprint density at radius 3 is 2.56 bits per heavy atom. The van der Waals surface area contributed by atoms with Gasteiger partial charge in [0, 0.05) is 5.56 Å². The van der Waals surface area contributed by atoms with Crippen molar-refractivity contribution in [3.8, 4) is 16.9 Å². The van der Waals surface area contributed by atoms with E-state index in [9.17, 15) is 4.39 Å². The van der Waals surface area contributed by atoms with E-state index in [1.165, 1.54) is 12.1 Å². The Balaban J connectivity index is 2.40. The average Bonchev–Trinajstić information content (AvgIpc) is 2.61. The number of rotatable bonds is 3. The van der Waals surface area contributed by atoms with Crippen molar-refractivity contribution in [2.45, 2.75) is 13.8 Å². The molecule has 2 aromatic rings. The second-order valence-corrected chi connectivity index (χ2v) is 3.79. The van der Waals surface area contributed by atoms with Crippen LogP contribution in [0.15, 0.2) is 22.7 Å². The summed E-state index contributed by atoms with van der Waals surface area (Å²) in [5.74, 6) is -0.344.